The van der Waals surface area contributed by atoms with Gasteiger partial charge in [-0.1, -0.05) is 12.1 Å². The zero-order valence-corrected chi connectivity index (χ0v) is 16.1. The number of nitrogens with one attached hydrogen (secondary N) is 1. The van der Waals surface area contributed by atoms with E-state index in [2.05, 4.69) is 10.3 Å². The number of carbonyl (C=O) groups is 2. The maximum absolute atomic E-state index is 13.5. The molecule has 1 saturated carbocycles. The largest absolute Gasteiger partial charge is 0.418 e. The lowest BCUT2D eigenvalue weighted by Crippen LogP contribution is -2.38. The highest BCUT2D eigenvalue weighted by atomic mass is 19.4. The summed E-state index contributed by atoms with van der Waals surface area (Å²) in [5.41, 5.74) is -2.62. The molecule has 1 aromatic heterocycles. The average Bonchev–Trinajstić information content (AvgIpc) is 2.71. The Morgan fingerprint density at radius 1 is 1.03 bits per heavy atom. The van der Waals surface area contributed by atoms with Crippen LogP contribution in [-0.2, 0) is 21.9 Å². The van der Waals surface area contributed by atoms with Gasteiger partial charge in [0.15, 0.2) is 0 Å². The number of rotatable bonds is 4. The van der Waals surface area contributed by atoms with Crippen molar-refractivity contribution < 1.29 is 35.9 Å². The van der Waals surface area contributed by atoms with Crippen LogP contribution in [-0.4, -0.2) is 16.7 Å². The molecule has 4 nitrogen and oxygen atoms in total. The van der Waals surface area contributed by atoms with Crippen LogP contribution >= 0.6 is 0 Å². The predicted octanol–water partition coefficient (Wildman–Crippen LogP) is 5.08. The standard InChI is InChI=1S/C21H18F6N2O2/c22-20(23,24)14-8-6-12(7-9-14)17(18-16(21(25,26)27)5-2-10-28-18)29-19(31)13-3-1-4-15(30)11-13/h2,5-10,13,17H,1,3-4,11H2,(H,29,31)/t13?,17-/m0/s1. The van der Waals surface area contributed by atoms with Crippen molar-refractivity contribution in [3.63, 3.8) is 0 Å². The number of alkyl halides is 6. The van der Waals surface area contributed by atoms with Gasteiger partial charge in [0.2, 0.25) is 5.91 Å². The molecule has 2 atom stereocenters. The smallest absolute Gasteiger partial charge is 0.343 e. The molecule has 1 aromatic carbocycles. The molecule has 31 heavy (non-hydrogen) atoms. The molecule has 0 spiro atoms. The zero-order chi connectivity index (χ0) is 22.8. The second-order valence-electron chi connectivity index (χ2n) is 7.33. The number of hydrogen-bond donors (Lipinski definition) is 1. The second kappa shape index (κ2) is 8.68. The van der Waals surface area contributed by atoms with E-state index in [1.807, 2.05) is 0 Å². The summed E-state index contributed by atoms with van der Waals surface area (Å²) < 4.78 is 79.3. The Kier molecular flexibility index (Phi) is 6.38. The molecule has 3 rings (SSSR count). The van der Waals surface area contributed by atoms with Crippen LogP contribution in [0.5, 0.6) is 0 Å². The first-order valence-corrected chi connectivity index (χ1v) is 9.48. The van der Waals surface area contributed by atoms with Gasteiger partial charge in [0, 0.05) is 25.0 Å². The maximum Gasteiger partial charge on any atom is 0.418 e. The van der Waals surface area contributed by atoms with Crippen molar-refractivity contribution >= 4 is 11.7 Å². The SMILES string of the molecule is O=C1CCCC(C(=O)N[C@@H](c2ccc(C(F)(F)F)cc2)c2ncccc2C(F)(F)F)C1. The van der Waals surface area contributed by atoms with Gasteiger partial charge in [0.1, 0.15) is 5.78 Å². The van der Waals surface area contributed by atoms with E-state index in [0.29, 0.717) is 19.3 Å². The molecular formula is C21H18F6N2O2. The van der Waals surface area contributed by atoms with Gasteiger partial charge in [0.25, 0.3) is 0 Å². The van der Waals surface area contributed by atoms with E-state index in [9.17, 15) is 35.9 Å². The van der Waals surface area contributed by atoms with Gasteiger partial charge in [0.05, 0.1) is 22.9 Å². The number of ketones is 1. The van der Waals surface area contributed by atoms with Crippen molar-refractivity contribution in [1.82, 2.24) is 10.3 Å². The zero-order valence-electron chi connectivity index (χ0n) is 16.1. The molecule has 1 unspecified atom stereocenters. The Bertz CT molecular complexity index is 954. The highest BCUT2D eigenvalue weighted by molar-refractivity contribution is 5.88. The van der Waals surface area contributed by atoms with Crippen LogP contribution in [0, 0.1) is 5.92 Å². The molecule has 0 saturated heterocycles. The maximum atomic E-state index is 13.5. The molecule has 1 amide bonds. The Morgan fingerprint density at radius 2 is 1.71 bits per heavy atom. The predicted molar refractivity (Wildman–Crippen MR) is 97.6 cm³/mol. The molecule has 1 N–H and O–H groups in total. The monoisotopic (exact) mass is 444 g/mol. The second-order valence-corrected chi connectivity index (χ2v) is 7.33. The molecule has 166 valence electrons. The summed E-state index contributed by atoms with van der Waals surface area (Å²) >= 11 is 0. The lowest BCUT2D eigenvalue weighted by molar-refractivity contribution is -0.139. The first kappa shape index (κ1) is 22.8. The number of aromatic nitrogens is 1. The Morgan fingerprint density at radius 3 is 2.29 bits per heavy atom. The third-order valence-corrected chi connectivity index (χ3v) is 5.13. The minimum atomic E-state index is -4.79. The number of pyridine rings is 1. The van der Waals surface area contributed by atoms with Crippen LogP contribution < -0.4 is 5.32 Å². The number of halogens is 6. The molecule has 0 aliphatic heterocycles. The van der Waals surface area contributed by atoms with Gasteiger partial charge < -0.3 is 5.32 Å². The van der Waals surface area contributed by atoms with E-state index in [1.54, 1.807) is 0 Å². The summed E-state index contributed by atoms with van der Waals surface area (Å²) in [5.74, 6) is -1.47. The van der Waals surface area contributed by atoms with E-state index in [-0.39, 0.29) is 17.8 Å². The first-order chi connectivity index (χ1) is 14.5. The molecule has 10 heteroatoms. The van der Waals surface area contributed by atoms with Crippen molar-refractivity contribution in [2.24, 2.45) is 5.92 Å². The van der Waals surface area contributed by atoms with Crippen LogP contribution in [0.4, 0.5) is 26.3 Å². The highest BCUT2D eigenvalue weighted by Crippen LogP contribution is 2.37. The summed E-state index contributed by atoms with van der Waals surface area (Å²) in [6.07, 6.45) is -7.12. The number of amides is 1. The minimum Gasteiger partial charge on any atom is -0.343 e. The van der Waals surface area contributed by atoms with E-state index in [4.69, 9.17) is 0 Å². The van der Waals surface area contributed by atoms with E-state index in [1.165, 1.54) is 0 Å². The van der Waals surface area contributed by atoms with Crippen LogP contribution in [0.1, 0.15) is 54.1 Å². The van der Waals surface area contributed by atoms with Crippen LogP contribution in [0.3, 0.4) is 0 Å². The molecular weight excluding hydrogens is 426 g/mol. The Labute approximate surface area is 173 Å². The number of Topliss-reactive ketones (excluding diaryl/α,β-unsaturated/α-hetero) is 1. The number of benzene rings is 1. The summed E-state index contributed by atoms with van der Waals surface area (Å²) in [5, 5.41) is 2.48. The molecule has 1 fully saturated rings. The lowest BCUT2D eigenvalue weighted by atomic mass is 9.87. The van der Waals surface area contributed by atoms with E-state index >= 15 is 0 Å². The Hall–Kier alpha value is -2.91. The fourth-order valence-corrected chi connectivity index (χ4v) is 3.57. The third kappa shape index (κ3) is 5.42. The number of nitrogens with zero attached hydrogens (tertiary/aromatic N) is 1. The summed E-state index contributed by atoms with van der Waals surface area (Å²) in [6.45, 7) is 0. The number of carbonyl (C=O) groups excluding carboxylic acids is 2. The normalized spacial score (nSPS) is 18.5. The van der Waals surface area contributed by atoms with Gasteiger partial charge in [-0.25, -0.2) is 0 Å². The summed E-state index contributed by atoms with van der Waals surface area (Å²) in [6, 6.07) is 3.91. The Balaban J connectivity index is 2.01. The minimum absolute atomic E-state index is 0.00712. The lowest BCUT2D eigenvalue weighted by Gasteiger charge is -2.26. The summed E-state index contributed by atoms with van der Waals surface area (Å²) in [4.78, 5) is 28.2. The van der Waals surface area contributed by atoms with Crippen LogP contribution in [0.25, 0.3) is 0 Å². The van der Waals surface area contributed by atoms with Gasteiger partial charge in [-0.05, 0) is 42.7 Å². The van der Waals surface area contributed by atoms with Crippen molar-refractivity contribution in [3.8, 4) is 0 Å². The molecule has 1 aliphatic carbocycles. The van der Waals surface area contributed by atoms with Crippen molar-refractivity contribution in [2.75, 3.05) is 0 Å². The molecule has 1 heterocycles. The summed E-state index contributed by atoms with van der Waals surface area (Å²) in [7, 11) is 0. The highest BCUT2D eigenvalue weighted by Gasteiger charge is 2.38. The van der Waals surface area contributed by atoms with Gasteiger partial charge in [-0.3, -0.25) is 14.6 Å². The fourth-order valence-electron chi connectivity index (χ4n) is 3.57. The molecule has 1 aliphatic rings. The average molecular weight is 444 g/mol. The van der Waals surface area contributed by atoms with E-state index < -0.39 is 47.0 Å². The van der Waals surface area contributed by atoms with Gasteiger partial charge in [-0.15, -0.1) is 0 Å². The van der Waals surface area contributed by atoms with Crippen molar-refractivity contribution in [3.05, 3.63) is 65.0 Å². The van der Waals surface area contributed by atoms with Crippen molar-refractivity contribution in [2.45, 2.75) is 44.1 Å². The number of hydrogen-bond acceptors (Lipinski definition) is 3. The third-order valence-electron chi connectivity index (χ3n) is 5.13. The van der Waals surface area contributed by atoms with Gasteiger partial charge in [-0.2, -0.15) is 26.3 Å². The fraction of sp³-hybridized carbons (Fsp3) is 0.381. The van der Waals surface area contributed by atoms with E-state index in [0.717, 1.165) is 42.6 Å². The molecule has 2 aromatic rings. The molecule has 0 radical (unpaired) electrons. The topological polar surface area (TPSA) is 59.1 Å². The first-order valence-electron chi connectivity index (χ1n) is 9.48. The van der Waals surface area contributed by atoms with Crippen LogP contribution in [0.15, 0.2) is 42.6 Å². The van der Waals surface area contributed by atoms with Crippen molar-refractivity contribution in [1.29, 1.82) is 0 Å². The van der Waals surface area contributed by atoms with Gasteiger partial charge >= 0.3 is 12.4 Å². The quantitative estimate of drug-likeness (QED) is 0.669. The van der Waals surface area contributed by atoms with Crippen LogP contribution in [0.2, 0.25) is 0 Å². The molecule has 0 bridgehead atoms.